The molecule has 1 nitrogen and oxygen atoms in total. The van der Waals surface area contributed by atoms with Gasteiger partial charge < -0.3 is 0 Å². The minimum atomic E-state index is -0.0872. The van der Waals surface area contributed by atoms with Gasteiger partial charge in [0.1, 0.15) is 0 Å². The van der Waals surface area contributed by atoms with Crippen molar-refractivity contribution >= 4 is 31.9 Å². The van der Waals surface area contributed by atoms with E-state index in [2.05, 4.69) is 36.8 Å². The fourth-order valence-electron chi connectivity index (χ4n) is 1.09. The SMILES string of the molecule is [2H]c1nc([2H])c(-c2ccccc2Br)c([2H])c1Br. The van der Waals surface area contributed by atoms with Gasteiger partial charge in [0.25, 0.3) is 0 Å². The molecule has 1 heterocycles. The molecule has 0 bridgehead atoms. The first-order chi connectivity index (χ1) is 8.02. The van der Waals surface area contributed by atoms with Crippen molar-refractivity contribution in [3.05, 3.63) is 51.6 Å². The molecule has 0 atom stereocenters. The number of benzene rings is 1. The first kappa shape index (κ1) is 6.75. The Morgan fingerprint density at radius 3 is 2.71 bits per heavy atom. The molecule has 70 valence electrons. The van der Waals surface area contributed by atoms with E-state index >= 15 is 0 Å². The summed E-state index contributed by atoms with van der Waals surface area (Å²) < 4.78 is 24.4. The highest BCUT2D eigenvalue weighted by molar-refractivity contribution is 9.10. The molecule has 0 amide bonds. The molecular formula is C11H7Br2N. The molecule has 0 saturated carbocycles. The summed E-state index contributed by atoms with van der Waals surface area (Å²) in [7, 11) is 0. The zero-order valence-electron chi connectivity index (χ0n) is 10.0. The molecular weight excluding hydrogens is 306 g/mol. The summed E-state index contributed by atoms with van der Waals surface area (Å²) in [6, 6.07) is 7.47. The van der Waals surface area contributed by atoms with Crippen molar-refractivity contribution in [2.45, 2.75) is 0 Å². The largest absolute Gasteiger partial charge is 0.263 e. The summed E-state index contributed by atoms with van der Waals surface area (Å²) >= 11 is 6.54. The number of nitrogens with zero attached hydrogens (tertiary/aromatic N) is 1. The van der Waals surface area contributed by atoms with Gasteiger partial charge in [-0.25, -0.2) is 0 Å². The lowest BCUT2D eigenvalue weighted by Crippen LogP contribution is -1.81. The molecule has 0 N–H and O–H groups in total. The maximum absolute atomic E-state index is 7.96. The second kappa shape index (κ2) is 4.24. The minimum Gasteiger partial charge on any atom is -0.263 e. The Morgan fingerprint density at radius 1 is 1.14 bits per heavy atom. The molecule has 0 unspecified atom stereocenters. The summed E-state index contributed by atoms with van der Waals surface area (Å²) in [4.78, 5) is 3.80. The van der Waals surface area contributed by atoms with E-state index in [-0.39, 0.29) is 18.4 Å². The van der Waals surface area contributed by atoms with Crippen LogP contribution in [0.3, 0.4) is 0 Å². The number of aromatic nitrogens is 1. The summed E-state index contributed by atoms with van der Waals surface area (Å²) in [5.74, 6) is 0. The van der Waals surface area contributed by atoms with Gasteiger partial charge in [0.05, 0.1) is 4.11 Å². The highest BCUT2D eigenvalue weighted by Crippen LogP contribution is 2.28. The molecule has 0 saturated heterocycles. The average molecular weight is 316 g/mol. The van der Waals surface area contributed by atoms with Crippen LogP contribution in [0.15, 0.2) is 51.6 Å². The van der Waals surface area contributed by atoms with Crippen LogP contribution >= 0.6 is 31.9 Å². The van der Waals surface area contributed by atoms with Gasteiger partial charge in [-0.3, -0.25) is 4.98 Å². The molecule has 2 aromatic rings. The molecule has 0 spiro atoms. The molecule has 3 heteroatoms. The highest BCUT2D eigenvalue weighted by Gasteiger charge is 2.02. The van der Waals surface area contributed by atoms with Crippen LogP contribution in [-0.4, -0.2) is 4.98 Å². The topological polar surface area (TPSA) is 12.9 Å². The van der Waals surface area contributed by atoms with Crippen LogP contribution in [0.25, 0.3) is 11.1 Å². The summed E-state index contributed by atoms with van der Waals surface area (Å²) in [6.07, 6.45) is -0.147. The zero-order valence-corrected chi connectivity index (χ0v) is 10.2. The Balaban J connectivity index is 2.77. The molecule has 0 aliphatic carbocycles. The Bertz CT molecular complexity index is 587. The third-order valence-electron chi connectivity index (χ3n) is 1.70. The van der Waals surface area contributed by atoms with Crippen LogP contribution in [0.2, 0.25) is 0 Å². The van der Waals surface area contributed by atoms with Crippen molar-refractivity contribution < 1.29 is 4.11 Å². The fourth-order valence-corrected chi connectivity index (χ4v) is 1.86. The quantitative estimate of drug-likeness (QED) is 0.765. The highest BCUT2D eigenvalue weighted by atomic mass is 79.9. The number of hydrogen-bond acceptors (Lipinski definition) is 1. The van der Waals surface area contributed by atoms with Crippen molar-refractivity contribution in [2.24, 2.45) is 0 Å². The predicted octanol–water partition coefficient (Wildman–Crippen LogP) is 4.27. The standard InChI is InChI=1S/C11H7Br2N/c12-9-5-8(6-14-7-9)10-3-1-2-4-11(10)13/h1-7H/i5D,6D,7D. The van der Waals surface area contributed by atoms with Crippen LogP contribution in [0.4, 0.5) is 0 Å². The maximum Gasteiger partial charge on any atom is 0.0852 e. The lowest BCUT2D eigenvalue weighted by molar-refractivity contribution is 1.31. The van der Waals surface area contributed by atoms with Crippen molar-refractivity contribution in [1.82, 2.24) is 4.98 Å². The third-order valence-corrected chi connectivity index (χ3v) is 2.77. The van der Waals surface area contributed by atoms with Gasteiger partial charge in [-0.2, -0.15) is 0 Å². The second-order valence-electron chi connectivity index (χ2n) is 2.63. The van der Waals surface area contributed by atoms with Gasteiger partial charge in [-0.1, -0.05) is 34.1 Å². The third kappa shape index (κ3) is 2.04. The molecule has 1 aromatic carbocycles. The maximum atomic E-state index is 7.96. The first-order valence-electron chi connectivity index (χ1n) is 5.40. The van der Waals surface area contributed by atoms with E-state index < -0.39 is 0 Å². The number of halogens is 2. The lowest BCUT2D eigenvalue weighted by Gasteiger charge is -2.03. The second-order valence-corrected chi connectivity index (χ2v) is 4.28. The number of pyridine rings is 1. The zero-order chi connectivity index (χ0) is 12.6. The summed E-state index contributed by atoms with van der Waals surface area (Å²) in [6.45, 7) is 0. The van der Waals surface area contributed by atoms with E-state index in [0.29, 0.717) is 10.0 Å². The smallest absolute Gasteiger partial charge is 0.0852 e. The van der Waals surface area contributed by atoms with Crippen LogP contribution < -0.4 is 0 Å². The van der Waals surface area contributed by atoms with Gasteiger partial charge in [0.15, 0.2) is 0 Å². The van der Waals surface area contributed by atoms with Gasteiger partial charge in [0, 0.05) is 26.9 Å². The molecule has 14 heavy (non-hydrogen) atoms. The van der Waals surface area contributed by atoms with Crippen molar-refractivity contribution in [2.75, 3.05) is 0 Å². The van der Waals surface area contributed by atoms with Gasteiger partial charge >= 0.3 is 0 Å². The molecule has 0 radical (unpaired) electrons. The molecule has 2 rings (SSSR count). The van der Waals surface area contributed by atoms with Gasteiger partial charge in [-0.15, -0.1) is 0 Å². The molecule has 0 fully saturated rings. The van der Waals surface area contributed by atoms with Crippen LogP contribution in [-0.2, 0) is 0 Å². The molecule has 1 aromatic heterocycles. The van der Waals surface area contributed by atoms with Crippen LogP contribution in [0, 0.1) is 0 Å². The number of hydrogen-bond donors (Lipinski definition) is 0. The van der Waals surface area contributed by atoms with Gasteiger partial charge in [0.2, 0.25) is 0 Å². The van der Waals surface area contributed by atoms with Crippen molar-refractivity contribution in [3.63, 3.8) is 0 Å². The Labute approximate surface area is 104 Å². The van der Waals surface area contributed by atoms with E-state index in [9.17, 15) is 0 Å². The number of rotatable bonds is 1. The Hall–Kier alpha value is -0.670. The Morgan fingerprint density at radius 2 is 1.93 bits per heavy atom. The van der Waals surface area contributed by atoms with E-state index in [4.69, 9.17) is 4.11 Å². The summed E-state index contributed by atoms with van der Waals surface area (Å²) in [5, 5.41) is 0. The minimum absolute atomic E-state index is 0.0601. The Kier molecular flexibility index (Phi) is 2.04. The normalized spacial score (nSPS) is 13.1. The van der Waals surface area contributed by atoms with Gasteiger partial charge in [-0.05, 0) is 33.6 Å². The predicted molar refractivity (Wildman–Crippen MR) is 65.1 cm³/mol. The molecule has 0 aliphatic rings. The molecule has 0 aliphatic heterocycles. The summed E-state index contributed by atoms with van der Waals surface area (Å²) in [5.41, 5.74) is 1.15. The van der Waals surface area contributed by atoms with Crippen molar-refractivity contribution in [1.29, 1.82) is 0 Å². The van der Waals surface area contributed by atoms with E-state index in [1.165, 1.54) is 0 Å². The van der Waals surface area contributed by atoms with E-state index in [0.717, 1.165) is 10.0 Å². The first-order valence-corrected chi connectivity index (χ1v) is 5.49. The monoisotopic (exact) mass is 314 g/mol. The average Bonchev–Trinajstić information content (AvgIpc) is 2.29. The van der Waals surface area contributed by atoms with Crippen molar-refractivity contribution in [3.8, 4) is 11.1 Å². The van der Waals surface area contributed by atoms with Crippen LogP contribution in [0.5, 0.6) is 0 Å². The van der Waals surface area contributed by atoms with E-state index in [1.54, 1.807) is 0 Å². The van der Waals surface area contributed by atoms with Crippen LogP contribution in [0.1, 0.15) is 4.11 Å². The fraction of sp³-hybridized carbons (Fsp3) is 0. The lowest BCUT2D eigenvalue weighted by atomic mass is 10.1. The van der Waals surface area contributed by atoms with E-state index in [1.807, 2.05) is 24.3 Å².